The standard InChI is InChI=1S/C12H7ClN2S/c13-8-1-2-9-7(5-8)6-10-11(9)14-12-15(10)3-4-16-12/h1-5H,6H2. The van der Waals surface area contributed by atoms with E-state index in [2.05, 4.69) is 27.0 Å². The molecule has 0 saturated heterocycles. The Morgan fingerprint density at radius 2 is 2.31 bits per heavy atom. The normalized spacial score (nSPS) is 13.1. The second kappa shape index (κ2) is 2.87. The van der Waals surface area contributed by atoms with Gasteiger partial charge in [0, 0.05) is 28.6 Å². The van der Waals surface area contributed by atoms with Gasteiger partial charge in [-0.25, -0.2) is 4.98 Å². The summed E-state index contributed by atoms with van der Waals surface area (Å²) in [4.78, 5) is 5.74. The second-order valence-electron chi connectivity index (χ2n) is 3.94. The number of fused-ring (bicyclic) bond motifs is 5. The van der Waals surface area contributed by atoms with E-state index in [1.807, 2.05) is 12.1 Å². The number of benzene rings is 1. The molecule has 4 heteroatoms. The second-order valence-corrected chi connectivity index (χ2v) is 5.25. The average molecular weight is 247 g/mol. The number of aromatic nitrogens is 2. The SMILES string of the molecule is Clc1ccc2c(c1)Cc1c-2nc2sccn12. The van der Waals surface area contributed by atoms with Crippen LogP contribution in [-0.2, 0) is 6.42 Å². The fraction of sp³-hybridized carbons (Fsp3) is 0.0833. The van der Waals surface area contributed by atoms with Crippen LogP contribution in [0.15, 0.2) is 29.8 Å². The Hall–Kier alpha value is -1.32. The van der Waals surface area contributed by atoms with E-state index < -0.39 is 0 Å². The first-order valence-electron chi connectivity index (χ1n) is 5.06. The number of nitrogens with zero attached hydrogens (tertiary/aromatic N) is 2. The van der Waals surface area contributed by atoms with E-state index in [0.717, 1.165) is 22.1 Å². The van der Waals surface area contributed by atoms with Gasteiger partial charge in [0.25, 0.3) is 0 Å². The van der Waals surface area contributed by atoms with Crippen LogP contribution in [0.2, 0.25) is 5.02 Å². The third-order valence-corrected chi connectivity index (χ3v) is 4.03. The van der Waals surface area contributed by atoms with Crippen molar-refractivity contribution in [2.75, 3.05) is 0 Å². The van der Waals surface area contributed by atoms with Crippen molar-refractivity contribution in [3.05, 3.63) is 46.1 Å². The molecule has 0 amide bonds. The van der Waals surface area contributed by atoms with Crippen LogP contribution in [0.25, 0.3) is 16.2 Å². The zero-order valence-electron chi connectivity index (χ0n) is 8.27. The van der Waals surface area contributed by atoms with Crippen LogP contribution in [-0.4, -0.2) is 9.38 Å². The molecule has 0 spiro atoms. The Balaban J connectivity index is 2.07. The zero-order chi connectivity index (χ0) is 10.7. The number of hydrogen-bond donors (Lipinski definition) is 0. The summed E-state index contributed by atoms with van der Waals surface area (Å²) >= 11 is 7.68. The fourth-order valence-electron chi connectivity index (χ4n) is 2.34. The van der Waals surface area contributed by atoms with Crippen LogP contribution in [0.3, 0.4) is 0 Å². The minimum Gasteiger partial charge on any atom is -0.294 e. The molecular weight excluding hydrogens is 240 g/mol. The molecule has 0 bridgehead atoms. The molecule has 0 radical (unpaired) electrons. The van der Waals surface area contributed by atoms with Crippen LogP contribution >= 0.6 is 22.9 Å². The maximum absolute atomic E-state index is 6.01. The summed E-state index contributed by atoms with van der Waals surface area (Å²) in [5.41, 5.74) is 4.92. The van der Waals surface area contributed by atoms with Gasteiger partial charge in [-0.05, 0) is 17.7 Å². The predicted molar refractivity (Wildman–Crippen MR) is 66.3 cm³/mol. The summed E-state index contributed by atoms with van der Waals surface area (Å²) < 4.78 is 2.17. The maximum Gasteiger partial charge on any atom is 0.194 e. The van der Waals surface area contributed by atoms with Crippen molar-refractivity contribution >= 4 is 27.9 Å². The molecule has 1 aromatic carbocycles. The minimum absolute atomic E-state index is 0.801. The van der Waals surface area contributed by atoms with Crippen LogP contribution in [0.1, 0.15) is 11.3 Å². The lowest BCUT2D eigenvalue weighted by atomic mass is 10.1. The topological polar surface area (TPSA) is 17.3 Å². The van der Waals surface area contributed by atoms with Gasteiger partial charge >= 0.3 is 0 Å². The van der Waals surface area contributed by atoms with Gasteiger partial charge in [0.2, 0.25) is 0 Å². The monoisotopic (exact) mass is 246 g/mol. The lowest BCUT2D eigenvalue weighted by Gasteiger charge is -1.98. The van der Waals surface area contributed by atoms with E-state index in [9.17, 15) is 0 Å². The number of halogens is 1. The average Bonchev–Trinajstić information content (AvgIpc) is 2.87. The first-order chi connectivity index (χ1) is 7.83. The fourth-order valence-corrected chi connectivity index (χ4v) is 3.26. The molecule has 2 aromatic heterocycles. The largest absolute Gasteiger partial charge is 0.294 e. The summed E-state index contributed by atoms with van der Waals surface area (Å²) in [6.45, 7) is 0. The van der Waals surface area contributed by atoms with Crippen molar-refractivity contribution in [1.82, 2.24) is 9.38 Å². The quantitative estimate of drug-likeness (QED) is 0.463. The first kappa shape index (κ1) is 8.79. The minimum atomic E-state index is 0.801. The van der Waals surface area contributed by atoms with Crippen LogP contribution in [0.4, 0.5) is 0 Å². The van der Waals surface area contributed by atoms with E-state index in [-0.39, 0.29) is 0 Å². The molecular formula is C12H7ClN2S. The van der Waals surface area contributed by atoms with Gasteiger partial charge in [-0.3, -0.25) is 4.40 Å². The van der Waals surface area contributed by atoms with Crippen LogP contribution in [0.5, 0.6) is 0 Å². The smallest absolute Gasteiger partial charge is 0.194 e. The molecule has 2 nitrogen and oxygen atoms in total. The molecule has 1 aliphatic rings. The molecule has 78 valence electrons. The van der Waals surface area contributed by atoms with Crippen LogP contribution < -0.4 is 0 Å². The Morgan fingerprint density at radius 3 is 3.25 bits per heavy atom. The Bertz CT molecular complexity index is 711. The molecule has 0 N–H and O–H groups in total. The molecule has 0 aliphatic heterocycles. The lowest BCUT2D eigenvalue weighted by Crippen LogP contribution is -1.86. The highest BCUT2D eigenvalue weighted by Gasteiger charge is 2.24. The van der Waals surface area contributed by atoms with Gasteiger partial charge in [0.15, 0.2) is 4.96 Å². The number of thiazole rings is 1. The van der Waals surface area contributed by atoms with Crippen LogP contribution in [0, 0.1) is 0 Å². The van der Waals surface area contributed by atoms with Gasteiger partial charge in [-0.1, -0.05) is 17.7 Å². The molecule has 0 fully saturated rings. The van der Waals surface area contributed by atoms with Crippen molar-refractivity contribution in [3.8, 4) is 11.3 Å². The van der Waals surface area contributed by atoms with Crippen molar-refractivity contribution < 1.29 is 0 Å². The zero-order valence-corrected chi connectivity index (χ0v) is 9.85. The molecule has 16 heavy (non-hydrogen) atoms. The lowest BCUT2D eigenvalue weighted by molar-refractivity contribution is 1.07. The van der Waals surface area contributed by atoms with E-state index in [1.165, 1.54) is 16.8 Å². The summed E-state index contributed by atoms with van der Waals surface area (Å²) in [5.74, 6) is 0. The summed E-state index contributed by atoms with van der Waals surface area (Å²) in [7, 11) is 0. The van der Waals surface area contributed by atoms with Gasteiger partial charge in [0.05, 0.1) is 11.4 Å². The Labute approximate surface area is 101 Å². The molecule has 1 aliphatic carbocycles. The third-order valence-electron chi connectivity index (χ3n) is 3.04. The Kier molecular flexibility index (Phi) is 1.58. The van der Waals surface area contributed by atoms with Crippen molar-refractivity contribution in [1.29, 1.82) is 0 Å². The Morgan fingerprint density at radius 1 is 1.38 bits per heavy atom. The number of rotatable bonds is 0. The van der Waals surface area contributed by atoms with Gasteiger partial charge in [-0.2, -0.15) is 0 Å². The molecule has 0 atom stereocenters. The molecule has 3 aromatic rings. The molecule has 0 saturated carbocycles. The number of imidazole rings is 1. The van der Waals surface area contributed by atoms with Gasteiger partial charge in [0.1, 0.15) is 0 Å². The highest BCUT2D eigenvalue weighted by molar-refractivity contribution is 7.15. The van der Waals surface area contributed by atoms with Gasteiger partial charge in [-0.15, -0.1) is 11.3 Å². The van der Waals surface area contributed by atoms with Gasteiger partial charge < -0.3 is 0 Å². The first-order valence-corrected chi connectivity index (χ1v) is 6.32. The van der Waals surface area contributed by atoms with Crippen molar-refractivity contribution in [3.63, 3.8) is 0 Å². The molecule has 4 rings (SSSR count). The highest BCUT2D eigenvalue weighted by atomic mass is 35.5. The van der Waals surface area contributed by atoms with E-state index in [0.29, 0.717) is 0 Å². The molecule has 0 unspecified atom stereocenters. The third kappa shape index (κ3) is 0.996. The van der Waals surface area contributed by atoms with Crippen molar-refractivity contribution in [2.45, 2.75) is 6.42 Å². The summed E-state index contributed by atoms with van der Waals surface area (Å²) in [6.07, 6.45) is 3.02. The van der Waals surface area contributed by atoms with E-state index >= 15 is 0 Å². The highest BCUT2D eigenvalue weighted by Crippen LogP contribution is 2.38. The van der Waals surface area contributed by atoms with Crippen molar-refractivity contribution in [2.24, 2.45) is 0 Å². The number of hydrogen-bond acceptors (Lipinski definition) is 2. The van der Waals surface area contributed by atoms with E-state index in [4.69, 9.17) is 11.6 Å². The predicted octanol–water partition coefficient (Wildman–Crippen LogP) is 3.62. The maximum atomic E-state index is 6.01. The summed E-state index contributed by atoms with van der Waals surface area (Å²) in [6, 6.07) is 6.04. The van der Waals surface area contributed by atoms with E-state index in [1.54, 1.807) is 11.3 Å². The summed E-state index contributed by atoms with van der Waals surface area (Å²) in [5, 5.41) is 2.87. The molecule has 2 heterocycles.